The van der Waals surface area contributed by atoms with E-state index in [0.29, 0.717) is 11.6 Å². The Hall–Kier alpha value is -1.95. The number of rotatable bonds is 4. The van der Waals surface area contributed by atoms with Crippen molar-refractivity contribution in [1.82, 2.24) is 9.78 Å². The van der Waals surface area contributed by atoms with E-state index >= 15 is 0 Å². The molecule has 21 heavy (non-hydrogen) atoms. The quantitative estimate of drug-likeness (QED) is 0.879. The molecule has 0 bridgehead atoms. The topological polar surface area (TPSA) is 46.9 Å². The van der Waals surface area contributed by atoms with Crippen LogP contribution in [0.15, 0.2) is 24.5 Å². The molecule has 4 nitrogen and oxygen atoms in total. The van der Waals surface area contributed by atoms with Crippen LogP contribution < -0.4 is 5.32 Å². The van der Waals surface area contributed by atoms with Crippen LogP contribution in [0.5, 0.6) is 0 Å². The summed E-state index contributed by atoms with van der Waals surface area (Å²) in [5.74, 6) is -2.15. The van der Waals surface area contributed by atoms with E-state index in [1.54, 1.807) is 10.9 Å². The number of hydrogen-bond donors (Lipinski definition) is 1. The van der Waals surface area contributed by atoms with Crippen LogP contribution in [-0.4, -0.2) is 15.7 Å². The lowest BCUT2D eigenvalue weighted by Gasteiger charge is -2.05. The zero-order valence-corrected chi connectivity index (χ0v) is 11.7. The first-order valence-corrected chi connectivity index (χ1v) is 6.89. The third-order valence-electron chi connectivity index (χ3n) is 3.29. The Bertz CT molecular complexity index is 698. The molecule has 1 aliphatic rings. The van der Waals surface area contributed by atoms with Gasteiger partial charge in [-0.2, -0.15) is 5.10 Å². The Kier molecular flexibility index (Phi) is 3.63. The SMILES string of the molecule is O=C(Nc1cnn(CC2CC2)c1)c1cc(F)c(F)cc1Cl. The molecule has 0 spiro atoms. The third kappa shape index (κ3) is 3.21. The molecule has 0 aliphatic heterocycles. The highest BCUT2D eigenvalue weighted by molar-refractivity contribution is 6.34. The minimum atomic E-state index is -1.12. The maximum atomic E-state index is 13.2. The number of nitrogens with one attached hydrogen (secondary N) is 1. The van der Waals surface area contributed by atoms with Gasteiger partial charge in [-0.05, 0) is 30.9 Å². The highest BCUT2D eigenvalue weighted by atomic mass is 35.5. The second-order valence-electron chi connectivity index (χ2n) is 5.09. The molecule has 7 heteroatoms. The maximum absolute atomic E-state index is 13.2. The fraction of sp³-hybridized carbons (Fsp3) is 0.286. The molecule has 3 rings (SSSR count). The summed E-state index contributed by atoms with van der Waals surface area (Å²) in [5, 5.41) is 6.55. The first kappa shape index (κ1) is 14.0. The number of halogens is 3. The lowest BCUT2D eigenvalue weighted by molar-refractivity contribution is 0.102. The molecular weight excluding hydrogens is 300 g/mol. The number of carbonyl (C=O) groups is 1. The molecule has 0 radical (unpaired) electrons. The number of benzene rings is 1. The van der Waals surface area contributed by atoms with Crippen LogP contribution in [0.2, 0.25) is 5.02 Å². The Morgan fingerprint density at radius 2 is 2.10 bits per heavy atom. The van der Waals surface area contributed by atoms with Gasteiger partial charge in [0.25, 0.3) is 5.91 Å². The monoisotopic (exact) mass is 311 g/mol. The van der Waals surface area contributed by atoms with Gasteiger partial charge in [-0.15, -0.1) is 0 Å². The van der Waals surface area contributed by atoms with Gasteiger partial charge >= 0.3 is 0 Å². The summed E-state index contributed by atoms with van der Waals surface area (Å²) in [6.07, 6.45) is 5.61. The number of aromatic nitrogens is 2. The molecule has 110 valence electrons. The number of amides is 1. The van der Waals surface area contributed by atoms with E-state index in [1.807, 2.05) is 0 Å². The average molecular weight is 312 g/mol. The van der Waals surface area contributed by atoms with E-state index in [-0.39, 0.29) is 10.6 Å². The zero-order chi connectivity index (χ0) is 15.0. The van der Waals surface area contributed by atoms with Gasteiger partial charge in [0.1, 0.15) is 0 Å². The molecule has 1 amide bonds. The van der Waals surface area contributed by atoms with Crippen molar-refractivity contribution in [3.05, 3.63) is 46.7 Å². The summed E-state index contributed by atoms with van der Waals surface area (Å²) in [5.41, 5.74) is 0.368. The summed E-state index contributed by atoms with van der Waals surface area (Å²) in [7, 11) is 0. The minimum Gasteiger partial charge on any atom is -0.319 e. The number of nitrogens with zero attached hydrogens (tertiary/aromatic N) is 2. The highest BCUT2D eigenvalue weighted by Crippen LogP contribution is 2.30. The van der Waals surface area contributed by atoms with E-state index in [2.05, 4.69) is 10.4 Å². The van der Waals surface area contributed by atoms with E-state index in [1.165, 1.54) is 19.0 Å². The van der Waals surface area contributed by atoms with Crippen LogP contribution in [0.25, 0.3) is 0 Å². The van der Waals surface area contributed by atoms with E-state index in [4.69, 9.17) is 11.6 Å². The molecule has 0 unspecified atom stereocenters. The summed E-state index contributed by atoms with van der Waals surface area (Å²) in [4.78, 5) is 12.0. The molecule has 1 saturated carbocycles. The van der Waals surface area contributed by atoms with Gasteiger partial charge in [0.2, 0.25) is 0 Å². The Morgan fingerprint density at radius 3 is 2.81 bits per heavy atom. The van der Waals surface area contributed by atoms with Gasteiger partial charge in [0, 0.05) is 12.7 Å². The fourth-order valence-electron chi connectivity index (χ4n) is 1.99. The average Bonchev–Trinajstić information content (AvgIpc) is 3.13. The molecule has 0 saturated heterocycles. The van der Waals surface area contributed by atoms with E-state index in [0.717, 1.165) is 18.7 Å². The van der Waals surface area contributed by atoms with Crippen LogP contribution in [0.3, 0.4) is 0 Å². The highest BCUT2D eigenvalue weighted by Gasteiger charge is 2.22. The first-order chi connectivity index (χ1) is 10.0. The van der Waals surface area contributed by atoms with Crippen molar-refractivity contribution in [3.63, 3.8) is 0 Å². The minimum absolute atomic E-state index is 0.120. The maximum Gasteiger partial charge on any atom is 0.257 e. The van der Waals surface area contributed by atoms with Gasteiger partial charge < -0.3 is 5.32 Å². The first-order valence-electron chi connectivity index (χ1n) is 6.51. The van der Waals surface area contributed by atoms with Crippen LogP contribution in [0.1, 0.15) is 23.2 Å². The third-order valence-corrected chi connectivity index (χ3v) is 3.60. The molecule has 1 aromatic heterocycles. The smallest absolute Gasteiger partial charge is 0.257 e. The summed E-state index contributed by atoms with van der Waals surface area (Å²) in [6.45, 7) is 0.821. The van der Waals surface area contributed by atoms with Crippen molar-refractivity contribution < 1.29 is 13.6 Å². The standard InChI is InChI=1S/C14H12ClF2N3O/c15-11-4-13(17)12(16)3-10(11)14(21)19-9-5-18-20(7-9)6-8-1-2-8/h3-5,7-8H,1-2,6H2,(H,19,21). The van der Waals surface area contributed by atoms with Crippen molar-refractivity contribution in [2.45, 2.75) is 19.4 Å². The number of carbonyl (C=O) groups excluding carboxylic acids is 1. The molecule has 1 aliphatic carbocycles. The summed E-state index contributed by atoms with van der Waals surface area (Å²) in [6, 6.07) is 1.56. The van der Waals surface area contributed by atoms with Crippen LogP contribution in [0.4, 0.5) is 14.5 Å². The zero-order valence-electron chi connectivity index (χ0n) is 10.9. The Labute approximate surface area is 124 Å². The summed E-state index contributed by atoms with van der Waals surface area (Å²) < 4.78 is 27.9. The van der Waals surface area contributed by atoms with Gasteiger partial charge in [0.15, 0.2) is 11.6 Å². The van der Waals surface area contributed by atoms with Gasteiger partial charge in [-0.1, -0.05) is 11.6 Å². The predicted molar refractivity (Wildman–Crippen MR) is 74.3 cm³/mol. The number of anilines is 1. The van der Waals surface area contributed by atoms with Gasteiger partial charge in [-0.3, -0.25) is 9.48 Å². The van der Waals surface area contributed by atoms with Crippen LogP contribution in [-0.2, 0) is 6.54 Å². The summed E-state index contributed by atoms with van der Waals surface area (Å²) >= 11 is 5.76. The normalized spacial score (nSPS) is 14.2. The second-order valence-corrected chi connectivity index (χ2v) is 5.50. The molecule has 1 heterocycles. The van der Waals surface area contributed by atoms with Gasteiger partial charge in [0.05, 0.1) is 22.5 Å². The van der Waals surface area contributed by atoms with Crippen molar-refractivity contribution in [2.24, 2.45) is 5.92 Å². The largest absolute Gasteiger partial charge is 0.319 e. The lowest BCUT2D eigenvalue weighted by atomic mass is 10.2. The van der Waals surface area contributed by atoms with Crippen LogP contribution in [0, 0.1) is 17.6 Å². The molecule has 2 aromatic rings. The predicted octanol–water partition coefficient (Wildman–Crippen LogP) is 3.48. The molecular formula is C14H12ClF2N3O. The van der Waals surface area contributed by atoms with Crippen molar-refractivity contribution >= 4 is 23.2 Å². The molecule has 1 N–H and O–H groups in total. The Balaban J connectivity index is 1.73. The molecule has 1 fully saturated rings. The van der Waals surface area contributed by atoms with Crippen molar-refractivity contribution in [1.29, 1.82) is 0 Å². The van der Waals surface area contributed by atoms with E-state index < -0.39 is 17.5 Å². The molecule has 0 atom stereocenters. The fourth-order valence-corrected chi connectivity index (χ4v) is 2.22. The van der Waals surface area contributed by atoms with Crippen LogP contribution >= 0.6 is 11.6 Å². The van der Waals surface area contributed by atoms with Crippen molar-refractivity contribution in [2.75, 3.05) is 5.32 Å². The Morgan fingerprint density at radius 1 is 1.38 bits per heavy atom. The second kappa shape index (κ2) is 5.44. The number of hydrogen-bond acceptors (Lipinski definition) is 2. The lowest BCUT2D eigenvalue weighted by Crippen LogP contribution is -2.13. The van der Waals surface area contributed by atoms with Gasteiger partial charge in [-0.25, -0.2) is 8.78 Å². The molecule has 1 aromatic carbocycles. The van der Waals surface area contributed by atoms with Crippen molar-refractivity contribution in [3.8, 4) is 0 Å². The van der Waals surface area contributed by atoms with E-state index in [9.17, 15) is 13.6 Å².